The lowest BCUT2D eigenvalue weighted by Crippen LogP contribution is -1.90. The highest BCUT2D eigenvalue weighted by molar-refractivity contribution is 5.74. The summed E-state index contributed by atoms with van der Waals surface area (Å²) in [5.41, 5.74) is 7.94. The number of hydrogen-bond donors (Lipinski definition) is 1. The summed E-state index contributed by atoms with van der Waals surface area (Å²) in [5, 5.41) is 3.86. The molecular weight excluding hydrogens is 244 g/mol. The second-order valence-electron chi connectivity index (χ2n) is 3.99. The van der Waals surface area contributed by atoms with E-state index in [1.54, 1.807) is 27.2 Å². The molecule has 2 N–H and O–H groups in total. The topological polar surface area (TPSA) is 70.5 Å². The molecule has 0 saturated carbocycles. The highest BCUT2D eigenvalue weighted by Gasteiger charge is 2.06. The van der Waals surface area contributed by atoms with Gasteiger partial charge in [0.15, 0.2) is 17.3 Å². The quantitative estimate of drug-likeness (QED) is 0.915. The van der Waals surface area contributed by atoms with Gasteiger partial charge in [-0.05, 0) is 30.7 Å². The van der Waals surface area contributed by atoms with Crippen molar-refractivity contribution >= 4 is 17.8 Å². The molecule has 0 aliphatic carbocycles. The first-order valence-corrected chi connectivity index (χ1v) is 5.77. The van der Waals surface area contributed by atoms with Gasteiger partial charge in [0.05, 0.1) is 14.2 Å². The molecule has 0 atom stereocenters. The highest BCUT2D eigenvalue weighted by Crippen LogP contribution is 2.28. The number of nitrogen functional groups attached to an aromatic ring is 1. The SMILES string of the molecule is COc1ccc(/C=C/c2noc(C)c2N)cc1OC. The number of methoxy groups -OCH3 is 2. The van der Waals surface area contributed by atoms with Crippen LogP contribution in [-0.2, 0) is 0 Å². The van der Waals surface area contributed by atoms with E-state index in [2.05, 4.69) is 5.16 Å². The fraction of sp³-hybridized carbons (Fsp3) is 0.214. The van der Waals surface area contributed by atoms with Crippen LogP contribution in [0.5, 0.6) is 11.5 Å². The minimum atomic E-state index is 0.553. The summed E-state index contributed by atoms with van der Waals surface area (Å²) in [6.07, 6.45) is 3.68. The minimum Gasteiger partial charge on any atom is -0.493 e. The Morgan fingerprint density at radius 2 is 1.89 bits per heavy atom. The van der Waals surface area contributed by atoms with Crippen LogP contribution in [0.2, 0.25) is 0 Å². The first kappa shape index (κ1) is 13.0. The Morgan fingerprint density at radius 1 is 1.16 bits per heavy atom. The van der Waals surface area contributed by atoms with Crippen LogP contribution >= 0.6 is 0 Å². The molecule has 2 aromatic rings. The molecule has 0 bridgehead atoms. The molecule has 5 heteroatoms. The summed E-state index contributed by atoms with van der Waals surface area (Å²) >= 11 is 0. The van der Waals surface area contributed by atoms with Crippen molar-refractivity contribution in [2.45, 2.75) is 6.92 Å². The lowest BCUT2D eigenvalue weighted by atomic mass is 10.1. The van der Waals surface area contributed by atoms with E-state index in [1.807, 2.05) is 24.3 Å². The maximum atomic E-state index is 5.82. The van der Waals surface area contributed by atoms with Gasteiger partial charge in [-0.25, -0.2) is 0 Å². The molecule has 0 aliphatic rings. The molecule has 0 spiro atoms. The van der Waals surface area contributed by atoms with Gasteiger partial charge in [-0.15, -0.1) is 0 Å². The van der Waals surface area contributed by atoms with E-state index in [-0.39, 0.29) is 0 Å². The van der Waals surface area contributed by atoms with Crippen LogP contribution in [0, 0.1) is 6.92 Å². The standard InChI is InChI=1S/C14H16N2O3/c1-9-14(15)11(16-19-9)6-4-10-5-7-12(17-2)13(8-10)18-3/h4-8H,15H2,1-3H3/b6-4+. The molecule has 1 aromatic carbocycles. The van der Waals surface area contributed by atoms with Crippen LogP contribution < -0.4 is 15.2 Å². The van der Waals surface area contributed by atoms with Crippen molar-refractivity contribution in [2.24, 2.45) is 0 Å². The molecule has 0 fully saturated rings. The van der Waals surface area contributed by atoms with Crippen molar-refractivity contribution in [1.82, 2.24) is 5.16 Å². The van der Waals surface area contributed by atoms with Crippen LogP contribution in [0.4, 0.5) is 5.69 Å². The van der Waals surface area contributed by atoms with Gasteiger partial charge in [0.25, 0.3) is 0 Å². The number of anilines is 1. The number of benzene rings is 1. The number of hydrogen-bond acceptors (Lipinski definition) is 5. The molecule has 0 unspecified atom stereocenters. The monoisotopic (exact) mass is 260 g/mol. The van der Waals surface area contributed by atoms with Crippen molar-refractivity contribution in [2.75, 3.05) is 20.0 Å². The first-order valence-electron chi connectivity index (χ1n) is 5.77. The average Bonchev–Trinajstić information content (AvgIpc) is 2.76. The Hall–Kier alpha value is -2.43. The van der Waals surface area contributed by atoms with Crippen molar-refractivity contribution < 1.29 is 14.0 Å². The second-order valence-corrected chi connectivity index (χ2v) is 3.99. The molecular formula is C14H16N2O3. The Kier molecular flexibility index (Phi) is 3.75. The van der Waals surface area contributed by atoms with Gasteiger partial charge < -0.3 is 19.7 Å². The van der Waals surface area contributed by atoms with Gasteiger partial charge in [-0.3, -0.25) is 0 Å². The number of nitrogens with two attached hydrogens (primary N) is 1. The highest BCUT2D eigenvalue weighted by atomic mass is 16.5. The lowest BCUT2D eigenvalue weighted by molar-refractivity contribution is 0.355. The van der Waals surface area contributed by atoms with Crippen LogP contribution in [0.25, 0.3) is 12.2 Å². The molecule has 0 radical (unpaired) electrons. The largest absolute Gasteiger partial charge is 0.493 e. The number of aryl methyl sites for hydroxylation is 1. The van der Waals surface area contributed by atoms with Crippen molar-refractivity contribution in [1.29, 1.82) is 0 Å². The van der Waals surface area contributed by atoms with Crippen LogP contribution in [-0.4, -0.2) is 19.4 Å². The van der Waals surface area contributed by atoms with Gasteiger partial charge in [0.1, 0.15) is 11.4 Å². The molecule has 0 amide bonds. The third kappa shape index (κ3) is 2.70. The van der Waals surface area contributed by atoms with Gasteiger partial charge >= 0.3 is 0 Å². The number of nitrogens with zero attached hydrogens (tertiary/aromatic N) is 1. The maximum Gasteiger partial charge on any atom is 0.161 e. The fourth-order valence-electron chi connectivity index (χ4n) is 1.65. The van der Waals surface area contributed by atoms with Crippen molar-refractivity contribution in [3.05, 3.63) is 35.2 Å². The molecule has 5 nitrogen and oxygen atoms in total. The zero-order chi connectivity index (χ0) is 13.8. The van der Waals surface area contributed by atoms with E-state index < -0.39 is 0 Å². The molecule has 0 saturated heterocycles. The Bertz CT molecular complexity index is 603. The molecule has 19 heavy (non-hydrogen) atoms. The summed E-state index contributed by atoms with van der Waals surface area (Å²) in [7, 11) is 3.20. The molecule has 0 aliphatic heterocycles. The van der Waals surface area contributed by atoms with Gasteiger partial charge in [0, 0.05) is 0 Å². The van der Waals surface area contributed by atoms with E-state index in [4.69, 9.17) is 19.7 Å². The van der Waals surface area contributed by atoms with Gasteiger partial charge in [-0.1, -0.05) is 17.3 Å². The summed E-state index contributed by atoms with van der Waals surface area (Å²) in [6, 6.07) is 5.63. The first-order chi connectivity index (χ1) is 9.15. The molecule has 2 rings (SSSR count). The minimum absolute atomic E-state index is 0.553. The maximum absolute atomic E-state index is 5.82. The number of rotatable bonds is 4. The van der Waals surface area contributed by atoms with Crippen molar-refractivity contribution in [3.8, 4) is 11.5 Å². The molecule has 1 heterocycles. The zero-order valence-electron chi connectivity index (χ0n) is 11.1. The smallest absolute Gasteiger partial charge is 0.161 e. The predicted molar refractivity (Wildman–Crippen MR) is 74.1 cm³/mol. The van der Waals surface area contributed by atoms with E-state index in [0.717, 1.165) is 5.56 Å². The van der Waals surface area contributed by atoms with E-state index >= 15 is 0 Å². The molecule has 100 valence electrons. The van der Waals surface area contributed by atoms with E-state index in [0.29, 0.717) is 28.6 Å². The third-order valence-electron chi connectivity index (χ3n) is 2.78. The van der Waals surface area contributed by atoms with Crippen molar-refractivity contribution in [3.63, 3.8) is 0 Å². The predicted octanol–water partition coefficient (Wildman–Crippen LogP) is 2.75. The van der Waals surface area contributed by atoms with Crippen LogP contribution in [0.1, 0.15) is 17.0 Å². The van der Waals surface area contributed by atoms with Crippen LogP contribution in [0.15, 0.2) is 22.7 Å². The Labute approximate surface area is 111 Å². The summed E-state index contributed by atoms with van der Waals surface area (Å²) in [4.78, 5) is 0. The normalized spacial score (nSPS) is 10.9. The average molecular weight is 260 g/mol. The lowest BCUT2D eigenvalue weighted by Gasteiger charge is -2.07. The summed E-state index contributed by atoms with van der Waals surface area (Å²) < 4.78 is 15.4. The number of ether oxygens (including phenoxy) is 2. The number of aromatic nitrogens is 1. The Balaban J connectivity index is 2.26. The van der Waals surface area contributed by atoms with Gasteiger partial charge in [0.2, 0.25) is 0 Å². The summed E-state index contributed by atoms with van der Waals surface area (Å²) in [5.74, 6) is 1.98. The molecule has 1 aromatic heterocycles. The summed E-state index contributed by atoms with van der Waals surface area (Å²) in [6.45, 7) is 1.77. The fourth-order valence-corrected chi connectivity index (χ4v) is 1.65. The van der Waals surface area contributed by atoms with E-state index in [9.17, 15) is 0 Å². The second kappa shape index (κ2) is 5.48. The Morgan fingerprint density at radius 3 is 2.47 bits per heavy atom. The zero-order valence-corrected chi connectivity index (χ0v) is 11.1. The van der Waals surface area contributed by atoms with Crippen LogP contribution in [0.3, 0.4) is 0 Å². The van der Waals surface area contributed by atoms with Gasteiger partial charge in [-0.2, -0.15) is 0 Å². The van der Waals surface area contributed by atoms with E-state index in [1.165, 1.54) is 0 Å². The third-order valence-corrected chi connectivity index (χ3v) is 2.78.